The molecule has 1 aromatic carbocycles. The molecule has 0 bridgehead atoms. The fraction of sp³-hybridized carbons (Fsp3) is 0.545. The maximum absolute atomic E-state index is 13.1. The van der Waals surface area contributed by atoms with Gasteiger partial charge in [0.05, 0.1) is 24.4 Å². The quantitative estimate of drug-likeness (QED) is 0.242. The monoisotopic (exact) mass is 565 g/mol. The third-order valence-electron chi connectivity index (χ3n) is 5.18. The van der Waals surface area contributed by atoms with Crippen LogP contribution < -0.4 is 5.32 Å². The van der Waals surface area contributed by atoms with E-state index >= 15 is 0 Å². The Kier molecular flexibility index (Phi) is 9.81. The van der Waals surface area contributed by atoms with Gasteiger partial charge in [0.15, 0.2) is 5.96 Å². The molecule has 2 heterocycles. The number of benzene rings is 1. The van der Waals surface area contributed by atoms with E-state index in [9.17, 15) is 13.2 Å². The number of aliphatic imine (C=N–C) groups is 1. The molecule has 1 aliphatic heterocycles. The number of guanidine groups is 1. The summed E-state index contributed by atoms with van der Waals surface area (Å²) in [7, 11) is 0. The van der Waals surface area contributed by atoms with Crippen molar-refractivity contribution in [2.75, 3.05) is 32.8 Å². The van der Waals surface area contributed by atoms with Gasteiger partial charge in [0.2, 0.25) is 0 Å². The van der Waals surface area contributed by atoms with E-state index in [-0.39, 0.29) is 24.0 Å². The normalized spacial score (nSPS) is 17.2. The van der Waals surface area contributed by atoms with Crippen molar-refractivity contribution in [1.29, 1.82) is 0 Å². The minimum atomic E-state index is -4.37. The molecular formula is C22H31F3IN5O. The summed E-state index contributed by atoms with van der Waals surface area (Å²) in [4.78, 5) is 6.79. The second-order valence-corrected chi connectivity index (χ2v) is 7.67. The SMILES string of the molecule is CCNC(=NCCCn1nc(C)cc1C)N1CCOC(c2cccc(C(F)(F)F)c2)C1.I. The fourth-order valence-electron chi connectivity index (χ4n) is 3.69. The van der Waals surface area contributed by atoms with Gasteiger partial charge in [-0.3, -0.25) is 9.67 Å². The molecule has 1 aliphatic rings. The zero-order valence-corrected chi connectivity index (χ0v) is 21.0. The third-order valence-corrected chi connectivity index (χ3v) is 5.18. The number of aryl methyl sites for hydroxylation is 3. The molecule has 6 nitrogen and oxygen atoms in total. The predicted octanol–water partition coefficient (Wildman–Crippen LogP) is 4.57. The number of nitrogens with one attached hydrogen (secondary N) is 1. The topological polar surface area (TPSA) is 54.7 Å². The highest BCUT2D eigenvalue weighted by Gasteiger charge is 2.32. The third kappa shape index (κ3) is 7.09. The van der Waals surface area contributed by atoms with Gasteiger partial charge in [-0.2, -0.15) is 18.3 Å². The Balaban J connectivity index is 0.00000363. The molecule has 0 aliphatic carbocycles. The average Bonchev–Trinajstić information content (AvgIpc) is 3.07. The van der Waals surface area contributed by atoms with Crippen LogP contribution in [0.4, 0.5) is 13.2 Å². The largest absolute Gasteiger partial charge is 0.416 e. The second kappa shape index (κ2) is 11.9. The van der Waals surface area contributed by atoms with E-state index in [4.69, 9.17) is 9.73 Å². The Morgan fingerprint density at radius 2 is 2.06 bits per heavy atom. The van der Waals surface area contributed by atoms with Gasteiger partial charge in [0.25, 0.3) is 0 Å². The summed E-state index contributed by atoms with van der Waals surface area (Å²) in [5.74, 6) is 0.760. The molecule has 1 N–H and O–H groups in total. The van der Waals surface area contributed by atoms with Gasteiger partial charge < -0.3 is 15.0 Å². The molecule has 2 aromatic rings. The summed E-state index contributed by atoms with van der Waals surface area (Å²) in [5, 5.41) is 7.76. The van der Waals surface area contributed by atoms with E-state index < -0.39 is 17.8 Å². The van der Waals surface area contributed by atoms with Crippen molar-refractivity contribution in [2.45, 2.75) is 46.0 Å². The van der Waals surface area contributed by atoms with Gasteiger partial charge in [0, 0.05) is 31.9 Å². The number of alkyl halides is 3. The second-order valence-electron chi connectivity index (χ2n) is 7.67. The van der Waals surface area contributed by atoms with Gasteiger partial charge in [-0.05, 0) is 51.0 Å². The smallest absolute Gasteiger partial charge is 0.370 e. The molecule has 3 rings (SSSR count). The minimum absolute atomic E-state index is 0. The summed E-state index contributed by atoms with van der Waals surface area (Å²) in [6, 6.07) is 7.42. The molecule has 1 aromatic heterocycles. The van der Waals surface area contributed by atoms with E-state index in [1.165, 1.54) is 12.1 Å². The molecule has 0 spiro atoms. The fourth-order valence-corrected chi connectivity index (χ4v) is 3.69. The first-order valence-electron chi connectivity index (χ1n) is 10.6. The van der Waals surface area contributed by atoms with Crippen LogP contribution in [0.2, 0.25) is 0 Å². The number of rotatable bonds is 6. The highest BCUT2D eigenvalue weighted by molar-refractivity contribution is 14.0. The van der Waals surface area contributed by atoms with Crippen LogP contribution in [0.15, 0.2) is 35.3 Å². The van der Waals surface area contributed by atoms with Crippen LogP contribution in [0, 0.1) is 13.8 Å². The standard InChI is InChI=1S/C22H30F3N5O.HI/c1-4-26-21(27-9-6-10-30-17(3)13-16(2)28-30)29-11-12-31-20(15-29)18-7-5-8-19(14-18)22(23,24)25;/h5,7-8,13-14,20H,4,6,9-12,15H2,1-3H3,(H,26,27);1H. The summed E-state index contributed by atoms with van der Waals surface area (Å²) in [6.45, 7) is 9.66. The van der Waals surface area contributed by atoms with E-state index in [0.29, 0.717) is 38.3 Å². The summed E-state index contributed by atoms with van der Waals surface area (Å²) >= 11 is 0. The van der Waals surface area contributed by atoms with E-state index in [1.54, 1.807) is 6.07 Å². The van der Waals surface area contributed by atoms with Crippen LogP contribution in [0.25, 0.3) is 0 Å². The van der Waals surface area contributed by atoms with Gasteiger partial charge in [-0.25, -0.2) is 0 Å². The van der Waals surface area contributed by atoms with Crippen molar-refractivity contribution < 1.29 is 17.9 Å². The van der Waals surface area contributed by atoms with Gasteiger partial charge in [-0.15, -0.1) is 24.0 Å². The Morgan fingerprint density at radius 1 is 1.28 bits per heavy atom. The molecule has 32 heavy (non-hydrogen) atoms. The lowest BCUT2D eigenvalue weighted by molar-refractivity contribution is -0.137. The van der Waals surface area contributed by atoms with Crippen LogP contribution in [0.1, 0.15) is 42.0 Å². The van der Waals surface area contributed by atoms with Gasteiger partial charge >= 0.3 is 6.18 Å². The maximum Gasteiger partial charge on any atom is 0.416 e. The van der Waals surface area contributed by atoms with E-state index in [1.807, 2.05) is 25.5 Å². The maximum atomic E-state index is 13.1. The van der Waals surface area contributed by atoms with Crippen LogP contribution in [-0.4, -0.2) is 53.4 Å². The lowest BCUT2D eigenvalue weighted by atomic mass is 10.0. The van der Waals surface area contributed by atoms with E-state index in [2.05, 4.69) is 21.4 Å². The molecule has 1 fully saturated rings. The van der Waals surface area contributed by atoms with Crippen molar-refractivity contribution in [2.24, 2.45) is 4.99 Å². The number of ether oxygens (including phenoxy) is 1. The Morgan fingerprint density at radius 3 is 2.72 bits per heavy atom. The lowest BCUT2D eigenvalue weighted by Crippen LogP contribution is -2.48. The van der Waals surface area contributed by atoms with Gasteiger partial charge in [-0.1, -0.05) is 12.1 Å². The zero-order valence-electron chi connectivity index (χ0n) is 18.7. The molecule has 10 heteroatoms. The summed E-state index contributed by atoms with van der Waals surface area (Å²) in [6.07, 6.45) is -3.96. The molecule has 0 radical (unpaired) electrons. The Labute approximate surface area is 204 Å². The first kappa shape index (κ1) is 26.4. The first-order valence-corrected chi connectivity index (χ1v) is 10.6. The highest BCUT2D eigenvalue weighted by atomic mass is 127. The number of halogens is 4. The Hall–Kier alpha value is -1.82. The van der Waals surface area contributed by atoms with Crippen molar-refractivity contribution in [3.05, 3.63) is 52.8 Å². The van der Waals surface area contributed by atoms with Crippen molar-refractivity contribution in [3.63, 3.8) is 0 Å². The molecule has 0 amide bonds. The lowest BCUT2D eigenvalue weighted by Gasteiger charge is -2.35. The molecule has 1 atom stereocenters. The van der Waals surface area contributed by atoms with Crippen LogP contribution in [0.5, 0.6) is 0 Å². The molecule has 178 valence electrons. The molecule has 1 saturated heterocycles. The molecule has 0 saturated carbocycles. The van der Waals surface area contributed by atoms with Crippen molar-refractivity contribution in [3.8, 4) is 0 Å². The number of aromatic nitrogens is 2. The zero-order chi connectivity index (χ0) is 22.4. The highest BCUT2D eigenvalue weighted by Crippen LogP contribution is 2.32. The Bertz CT molecular complexity index is 900. The van der Waals surface area contributed by atoms with Crippen molar-refractivity contribution >= 4 is 29.9 Å². The predicted molar refractivity (Wildman–Crippen MR) is 129 cm³/mol. The summed E-state index contributed by atoms with van der Waals surface area (Å²) < 4.78 is 47.0. The number of nitrogens with zero attached hydrogens (tertiary/aromatic N) is 4. The van der Waals surface area contributed by atoms with Crippen LogP contribution in [0.3, 0.4) is 0 Å². The minimum Gasteiger partial charge on any atom is -0.370 e. The van der Waals surface area contributed by atoms with E-state index in [0.717, 1.165) is 36.4 Å². The average molecular weight is 565 g/mol. The number of hydrogen-bond acceptors (Lipinski definition) is 3. The summed E-state index contributed by atoms with van der Waals surface area (Å²) in [5.41, 5.74) is 2.00. The van der Waals surface area contributed by atoms with Crippen LogP contribution in [-0.2, 0) is 17.5 Å². The first-order chi connectivity index (χ1) is 14.8. The number of hydrogen-bond donors (Lipinski definition) is 1. The van der Waals surface area contributed by atoms with Crippen LogP contribution >= 0.6 is 24.0 Å². The molecular weight excluding hydrogens is 534 g/mol. The van der Waals surface area contributed by atoms with Gasteiger partial charge in [0.1, 0.15) is 6.10 Å². The van der Waals surface area contributed by atoms with Crippen molar-refractivity contribution in [1.82, 2.24) is 20.0 Å². The molecule has 1 unspecified atom stereocenters. The number of morpholine rings is 1.